The Morgan fingerprint density at radius 2 is 2.11 bits per heavy atom. The fourth-order valence-corrected chi connectivity index (χ4v) is 1.76. The van der Waals surface area contributed by atoms with Crippen LogP contribution in [0.15, 0.2) is 28.3 Å². The van der Waals surface area contributed by atoms with Crippen LogP contribution in [0.3, 0.4) is 0 Å². The highest BCUT2D eigenvalue weighted by Crippen LogP contribution is 2.23. The minimum Gasteiger partial charge on any atom is -0.466 e. The second-order valence-corrected chi connectivity index (χ2v) is 4.56. The molecule has 19 heavy (non-hydrogen) atoms. The number of carbonyl (C=O) groups excluding carboxylic acids is 1. The Kier molecular flexibility index (Phi) is 5.95. The molecule has 0 fully saturated rings. The summed E-state index contributed by atoms with van der Waals surface area (Å²) in [6.07, 6.45) is 2.09. The van der Waals surface area contributed by atoms with Crippen LogP contribution in [0.5, 0.6) is 0 Å². The number of hydrogen-bond donors (Lipinski definition) is 1. The highest BCUT2D eigenvalue weighted by Gasteiger charge is 2.09. The van der Waals surface area contributed by atoms with Crippen LogP contribution in [0.4, 0.5) is 14.5 Å². The molecule has 0 aliphatic heterocycles. The van der Waals surface area contributed by atoms with E-state index in [1.807, 2.05) is 6.92 Å². The van der Waals surface area contributed by atoms with Crippen LogP contribution in [0.1, 0.15) is 13.3 Å². The first-order chi connectivity index (χ1) is 8.99. The van der Waals surface area contributed by atoms with Crippen molar-refractivity contribution >= 4 is 27.6 Å². The number of rotatable bonds is 5. The Balaban J connectivity index is 2.74. The number of hydrogen-bond acceptors (Lipinski definition) is 3. The molecular formula is C13H14BrF2NO2. The van der Waals surface area contributed by atoms with Crippen molar-refractivity contribution in [1.29, 1.82) is 0 Å². The van der Waals surface area contributed by atoms with E-state index in [-0.39, 0.29) is 16.7 Å². The van der Waals surface area contributed by atoms with E-state index in [0.29, 0.717) is 12.0 Å². The molecule has 0 unspecified atom stereocenters. The number of anilines is 1. The predicted octanol–water partition coefficient (Wildman–Crippen LogP) is 3.65. The van der Waals surface area contributed by atoms with Gasteiger partial charge in [-0.25, -0.2) is 13.6 Å². The first-order valence-electron chi connectivity index (χ1n) is 5.65. The lowest BCUT2D eigenvalue weighted by molar-refractivity contribution is -0.136. The Hall–Kier alpha value is -1.43. The first-order valence-corrected chi connectivity index (χ1v) is 6.44. The summed E-state index contributed by atoms with van der Waals surface area (Å²) in [7, 11) is 1.29. The third-order valence-corrected chi connectivity index (χ3v) is 3.09. The van der Waals surface area contributed by atoms with Gasteiger partial charge in [0.15, 0.2) is 0 Å². The molecule has 0 aliphatic rings. The van der Waals surface area contributed by atoms with Gasteiger partial charge in [0, 0.05) is 18.2 Å². The zero-order chi connectivity index (χ0) is 14.4. The number of esters is 1. The van der Waals surface area contributed by atoms with E-state index in [4.69, 9.17) is 0 Å². The molecule has 104 valence electrons. The van der Waals surface area contributed by atoms with E-state index in [9.17, 15) is 13.6 Å². The molecule has 1 N–H and O–H groups in total. The fraction of sp³-hybridized carbons (Fsp3) is 0.308. The largest absolute Gasteiger partial charge is 0.466 e. The Morgan fingerprint density at radius 1 is 1.42 bits per heavy atom. The van der Waals surface area contributed by atoms with Gasteiger partial charge >= 0.3 is 5.97 Å². The SMILES string of the molecule is CC/C(=C/CNc1cc(F)c(Br)cc1F)C(=O)OC. The number of nitrogens with one attached hydrogen (secondary N) is 1. The molecule has 0 heterocycles. The average Bonchev–Trinajstić information content (AvgIpc) is 2.39. The monoisotopic (exact) mass is 333 g/mol. The molecule has 0 saturated heterocycles. The van der Waals surface area contributed by atoms with Crippen LogP contribution in [-0.4, -0.2) is 19.6 Å². The summed E-state index contributed by atoms with van der Waals surface area (Å²) in [4.78, 5) is 11.3. The third-order valence-electron chi connectivity index (χ3n) is 2.48. The molecule has 1 rings (SSSR count). The van der Waals surface area contributed by atoms with Crippen molar-refractivity contribution in [3.8, 4) is 0 Å². The van der Waals surface area contributed by atoms with Crippen molar-refractivity contribution < 1.29 is 18.3 Å². The van der Waals surface area contributed by atoms with E-state index < -0.39 is 17.6 Å². The summed E-state index contributed by atoms with van der Waals surface area (Å²) in [5.41, 5.74) is 0.519. The highest BCUT2D eigenvalue weighted by molar-refractivity contribution is 9.10. The molecule has 0 saturated carbocycles. The number of carbonyl (C=O) groups is 1. The van der Waals surface area contributed by atoms with Gasteiger partial charge in [0.1, 0.15) is 11.6 Å². The maximum atomic E-state index is 13.5. The van der Waals surface area contributed by atoms with Crippen LogP contribution in [0.25, 0.3) is 0 Å². The number of halogens is 3. The van der Waals surface area contributed by atoms with Crippen molar-refractivity contribution in [2.45, 2.75) is 13.3 Å². The standard InChI is InChI=1S/C13H14BrF2NO2/c1-3-8(13(18)19-2)4-5-17-12-7-10(15)9(14)6-11(12)16/h4,6-7,17H,3,5H2,1-2H3/b8-4-. The van der Waals surface area contributed by atoms with Crippen molar-refractivity contribution in [1.82, 2.24) is 0 Å². The quantitative estimate of drug-likeness (QED) is 0.507. The van der Waals surface area contributed by atoms with Gasteiger partial charge in [0.25, 0.3) is 0 Å². The molecule has 3 nitrogen and oxygen atoms in total. The van der Waals surface area contributed by atoms with E-state index in [2.05, 4.69) is 26.0 Å². The predicted molar refractivity (Wildman–Crippen MR) is 72.9 cm³/mol. The van der Waals surface area contributed by atoms with E-state index in [1.165, 1.54) is 7.11 Å². The Bertz CT molecular complexity index is 504. The van der Waals surface area contributed by atoms with Crippen molar-refractivity contribution in [3.63, 3.8) is 0 Å². The topological polar surface area (TPSA) is 38.3 Å². The normalized spacial score (nSPS) is 11.3. The van der Waals surface area contributed by atoms with Gasteiger partial charge < -0.3 is 10.1 Å². The molecule has 1 aromatic carbocycles. The average molecular weight is 334 g/mol. The molecule has 0 aliphatic carbocycles. The minimum atomic E-state index is -0.571. The van der Waals surface area contributed by atoms with Gasteiger partial charge in [-0.1, -0.05) is 13.0 Å². The van der Waals surface area contributed by atoms with Crippen LogP contribution in [0, 0.1) is 11.6 Å². The fourth-order valence-electron chi connectivity index (χ4n) is 1.45. The number of ether oxygens (including phenoxy) is 1. The second kappa shape index (κ2) is 7.23. The minimum absolute atomic E-state index is 0.0391. The van der Waals surface area contributed by atoms with E-state index in [1.54, 1.807) is 6.08 Å². The lowest BCUT2D eigenvalue weighted by Crippen LogP contribution is -2.08. The van der Waals surface area contributed by atoms with Gasteiger partial charge in [-0.2, -0.15) is 0 Å². The van der Waals surface area contributed by atoms with Gasteiger partial charge in [-0.3, -0.25) is 0 Å². The smallest absolute Gasteiger partial charge is 0.333 e. The Labute approximate surface area is 118 Å². The molecule has 0 aromatic heterocycles. The summed E-state index contributed by atoms with van der Waals surface area (Å²) in [5, 5.41) is 2.70. The van der Waals surface area contributed by atoms with Crippen LogP contribution in [-0.2, 0) is 9.53 Å². The lowest BCUT2D eigenvalue weighted by atomic mass is 10.2. The zero-order valence-corrected chi connectivity index (χ0v) is 12.2. The van der Waals surface area contributed by atoms with Crippen LogP contribution < -0.4 is 5.32 Å². The molecule has 6 heteroatoms. The molecule has 0 radical (unpaired) electrons. The lowest BCUT2D eigenvalue weighted by Gasteiger charge is -2.07. The zero-order valence-electron chi connectivity index (χ0n) is 10.6. The third kappa shape index (κ3) is 4.31. The van der Waals surface area contributed by atoms with Gasteiger partial charge in [0.2, 0.25) is 0 Å². The van der Waals surface area contributed by atoms with Gasteiger partial charge in [0.05, 0.1) is 17.3 Å². The van der Waals surface area contributed by atoms with Crippen LogP contribution in [0.2, 0.25) is 0 Å². The van der Waals surface area contributed by atoms with Crippen LogP contribution >= 0.6 is 15.9 Å². The van der Waals surface area contributed by atoms with Crippen molar-refractivity contribution in [3.05, 3.63) is 39.9 Å². The van der Waals surface area contributed by atoms with Crippen molar-refractivity contribution in [2.75, 3.05) is 19.0 Å². The molecular weight excluding hydrogens is 320 g/mol. The van der Waals surface area contributed by atoms with E-state index in [0.717, 1.165) is 12.1 Å². The molecule has 0 amide bonds. The summed E-state index contributed by atoms with van der Waals surface area (Å²) in [6.45, 7) is 2.01. The molecule has 0 bridgehead atoms. The number of benzene rings is 1. The first kappa shape index (κ1) is 15.6. The molecule has 1 aromatic rings. The summed E-state index contributed by atoms with van der Waals surface area (Å²) in [6, 6.07) is 2.10. The highest BCUT2D eigenvalue weighted by atomic mass is 79.9. The number of methoxy groups -OCH3 is 1. The van der Waals surface area contributed by atoms with Gasteiger partial charge in [-0.15, -0.1) is 0 Å². The summed E-state index contributed by atoms with van der Waals surface area (Å²) < 4.78 is 31.4. The molecule has 0 spiro atoms. The Morgan fingerprint density at radius 3 is 2.68 bits per heavy atom. The maximum absolute atomic E-state index is 13.5. The second-order valence-electron chi connectivity index (χ2n) is 3.70. The van der Waals surface area contributed by atoms with Gasteiger partial charge in [-0.05, 0) is 28.4 Å². The summed E-state index contributed by atoms with van der Waals surface area (Å²) in [5.74, 6) is -1.55. The summed E-state index contributed by atoms with van der Waals surface area (Å²) >= 11 is 2.90. The van der Waals surface area contributed by atoms with E-state index >= 15 is 0 Å². The molecule has 0 atom stereocenters. The maximum Gasteiger partial charge on any atom is 0.333 e. The van der Waals surface area contributed by atoms with Crippen molar-refractivity contribution in [2.24, 2.45) is 0 Å².